The number of nitrogens with one attached hydrogen (secondary N) is 1. The van der Waals surface area contributed by atoms with E-state index in [9.17, 15) is 9.18 Å². The van der Waals surface area contributed by atoms with Gasteiger partial charge in [0.1, 0.15) is 5.82 Å². The highest BCUT2D eigenvalue weighted by atomic mass is 19.1. The van der Waals surface area contributed by atoms with Crippen molar-refractivity contribution in [1.82, 2.24) is 5.32 Å². The average molecular weight is 325 g/mol. The van der Waals surface area contributed by atoms with Crippen molar-refractivity contribution in [1.29, 1.82) is 0 Å². The average Bonchev–Trinajstić information content (AvgIpc) is 3.09. The van der Waals surface area contributed by atoms with Gasteiger partial charge in [-0.25, -0.2) is 4.39 Å². The maximum Gasteiger partial charge on any atom is 0.220 e. The molecule has 24 heavy (non-hydrogen) atoms. The molecule has 1 N–H and O–H groups in total. The lowest BCUT2D eigenvalue weighted by molar-refractivity contribution is -0.121. The van der Waals surface area contributed by atoms with Crippen LogP contribution in [0, 0.1) is 5.82 Å². The minimum Gasteiger partial charge on any atom is -0.355 e. The van der Waals surface area contributed by atoms with E-state index in [1.807, 2.05) is 12.1 Å². The fourth-order valence-corrected chi connectivity index (χ4v) is 3.72. The first-order valence-electron chi connectivity index (χ1n) is 8.75. The van der Waals surface area contributed by atoms with Gasteiger partial charge in [-0.05, 0) is 42.5 Å². The summed E-state index contributed by atoms with van der Waals surface area (Å²) in [4.78, 5) is 12.2. The van der Waals surface area contributed by atoms with E-state index in [2.05, 4.69) is 29.6 Å². The number of benzene rings is 2. The summed E-state index contributed by atoms with van der Waals surface area (Å²) in [5.74, 6) is -0.205. The smallest absolute Gasteiger partial charge is 0.220 e. The molecule has 126 valence electrons. The molecule has 1 fully saturated rings. The molecule has 0 aliphatic heterocycles. The molecular weight excluding hydrogens is 301 g/mol. The second-order valence-electron chi connectivity index (χ2n) is 6.76. The van der Waals surface area contributed by atoms with E-state index in [1.54, 1.807) is 6.07 Å². The highest BCUT2D eigenvalue weighted by molar-refractivity contribution is 5.76. The Kier molecular flexibility index (Phi) is 5.29. The summed E-state index contributed by atoms with van der Waals surface area (Å²) in [6, 6.07) is 17.0. The number of halogens is 1. The number of hydrogen-bond donors (Lipinski definition) is 1. The third kappa shape index (κ3) is 4.02. The highest BCUT2D eigenvalue weighted by Crippen LogP contribution is 2.40. The number of rotatable bonds is 6. The molecule has 0 unspecified atom stereocenters. The van der Waals surface area contributed by atoms with E-state index in [0.717, 1.165) is 18.4 Å². The third-order valence-electron chi connectivity index (χ3n) is 5.10. The Bertz CT molecular complexity index is 677. The molecule has 0 radical (unpaired) electrons. The van der Waals surface area contributed by atoms with Crippen LogP contribution in [0.15, 0.2) is 54.6 Å². The first kappa shape index (κ1) is 16.7. The first-order chi connectivity index (χ1) is 11.7. The van der Waals surface area contributed by atoms with Crippen LogP contribution in [-0.4, -0.2) is 12.5 Å². The van der Waals surface area contributed by atoms with E-state index >= 15 is 0 Å². The van der Waals surface area contributed by atoms with Gasteiger partial charge in [0.25, 0.3) is 0 Å². The Morgan fingerprint density at radius 3 is 2.50 bits per heavy atom. The third-order valence-corrected chi connectivity index (χ3v) is 5.10. The topological polar surface area (TPSA) is 29.1 Å². The Balaban J connectivity index is 1.56. The Hall–Kier alpha value is -2.16. The van der Waals surface area contributed by atoms with Crippen LogP contribution in [0.5, 0.6) is 0 Å². The maximum atomic E-state index is 13.2. The van der Waals surface area contributed by atoms with Crippen LogP contribution in [0.4, 0.5) is 4.39 Å². The van der Waals surface area contributed by atoms with Gasteiger partial charge in [-0.2, -0.15) is 0 Å². The molecule has 3 heteroatoms. The molecule has 0 bridgehead atoms. The Morgan fingerprint density at radius 1 is 1.04 bits per heavy atom. The lowest BCUT2D eigenvalue weighted by atomic mass is 9.79. The van der Waals surface area contributed by atoms with Crippen LogP contribution in [0.25, 0.3) is 0 Å². The van der Waals surface area contributed by atoms with Gasteiger partial charge in [-0.1, -0.05) is 55.3 Å². The molecule has 3 rings (SSSR count). The van der Waals surface area contributed by atoms with Gasteiger partial charge < -0.3 is 5.32 Å². The zero-order valence-corrected chi connectivity index (χ0v) is 13.9. The van der Waals surface area contributed by atoms with E-state index < -0.39 is 0 Å². The number of amides is 1. The molecule has 1 aliphatic rings. The molecule has 0 heterocycles. The maximum absolute atomic E-state index is 13.2. The number of carbonyl (C=O) groups is 1. The van der Waals surface area contributed by atoms with E-state index in [4.69, 9.17) is 0 Å². The standard InChI is InChI=1S/C21H24FNO/c22-19-10-6-7-17(15-19)11-12-20(24)23-16-21(13-4-5-14-21)18-8-2-1-3-9-18/h1-3,6-10,15H,4-5,11-14,16H2,(H,23,24). The van der Waals surface area contributed by atoms with Crippen LogP contribution in [0.1, 0.15) is 43.2 Å². The molecule has 2 nitrogen and oxygen atoms in total. The molecule has 0 spiro atoms. The van der Waals surface area contributed by atoms with Crippen LogP contribution in [0.2, 0.25) is 0 Å². The summed E-state index contributed by atoms with van der Waals surface area (Å²) in [5.41, 5.74) is 2.27. The predicted octanol–water partition coefficient (Wildman–Crippen LogP) is 4.39. The molecule has 1 amide bonds. The van der Waals surface area contributed by atoms with Crippen LogP contribution >= 0.6 is 0 Å². The van der Waals surface area contributed by atoms with Crippen molar-refractivity contribution in [2.24, 2.45) is 0 Å². The summed E-state index contributed by atoms with van der Waals surface area (Å²) in [6.45, 7) is 0.693. The zero-order chi connectivity index (χ0) is 16.8. The molecule has 1 saturated carbocycles. The number of hydrogen-bond acceptors (Lipinski definition) is 1. The fraction of sp³-hybridized carbons (Fsp3) is 0.381. The van der Waals surface area contributed by atoms with Crippen molar-refractivity contribution >= 4 is 5.91 Å². The quantitative estimate of drug-likeness (QED) is 0.838. The van der Waals surface area contributed by atoms with E-state index in [1.165, 1.54) is 30.5 Å². The normalized spacial score (nSPS) is 16.0. The van der Waals surface area contributed by atoms with Crippen LogP contribution in [0.3, 0.4) is 0 Å². The molecular formula is C21H24FNO. The zero-order valence-electron chi connectivity index (χ0n) is 13.9. The first-order valence-corrected chi connectivity index (χ1v) is 8.75. The van der Waals surface area contributed by atoms with Crippen molar-refractivity contribution in [2.45, 2.75) is 43.9 Å². The monoisotopic (exact) mass is 325 g/mol. The molecule has 2 aromatic rings. The van der Waals surface area contributed by atoms with Crippen molar-refractivity contribution in [3.05, 3.63) is 71.5 Å². The van der Waals surface area contributed by atoms with Gasteiger partial charge in [-0.15, -0.1) is 0 Å². The van der Waals surface area contributed by atoms with Crippen molar-refractivity contribution in [3.63, 3.8) is 0 Å². The predicted molar refractivity (Wildman–Crippen MR) is 94.3 cm³/mol. The fourth-order valence-electron chi connectivity index (χ4n) is 3.72. The molecule has 0 atom stereocenters. The van der Waals surface area contributed by atoms with Crippen molar-refractivity contribution in [2.75, 3.05) is 6.54 Å². The van der Waals surface area contributed by atoms with Crippen LogP contribution < -0.4 is 5.32 Å². The number of aryl methyl sites for hydroxylation is 1. The summed E-state index contributed by atoms with van der Waals surface area (Å²) < 4.78 is 13.2. The summed E-state index contributed by atoms with van der Waals surface area (Å²) in [5, 5.41) is 3.12. The molecule has 0 aromatic heterocycles. The number of carbonyl (C=O) groups excluding carboxylic acids is 1. The molecule has 1 aliphatic carbocycles. The van der Waals surface area contributed by atoms with Gasteiger partial charge in [0, 0.05) is 18.4 Å². The van der Waals surface area contributed by atoms with Gasteiger partial charge >= 0.3 is 0 Å². The molecule has 0 saturated heterocycles. The summed E-state index contributed by atoms with van der Waals surface area (Å²) >= 11 is 0. The van der Waals surface area contributed by atoms with Gasteiger partial charge in [0.05, 0.1) is 0 Å². The minimum atomic E-state index is -0.248. The van der Waals surface area contributed by atoms with Crippen LogP contribution in [-0.2, 0) is 16.6 Å². The highest BCUT2D eigenvalue weighted by Gasteiger charge is 2.35. The second-order valence-corrected chi connectivity index (χ2v) is 6.76. The lowest BCUT2D eigenvalue weighted by Gasteiger charge is -2.30. The van der Waals surface area contributed by atoms with Gasteiger partial charge in [0.15, 0.2) is 0 Å². The van der Waals surface area contributed by atoms with Gasteiger partial charge in [0.2, 0.25) is 5.91 Å². The largest absolute Gasteiger partial charge is 0.355 e. The van der Waals surface area contributed by atoms with Crippen molar-refractivity contribution in [3.8, 4) is 0 Å². The Labute approximate surface area is 143 Å². The Morgan fingerprint density at radius 2 is 1.79 bits per heavy atom. The SMILES string of the molecule is O=C(CCc1cccc(F)c1)NCC1(c2ccccc2)CCCC1. The summed E-state index contributed by atoms with van der Waals surface area (Å²) in [7, 11) is 0. The van der Waals surface area contributed by atoms with Crippen molar-refractivity contribution < 1.29 is 9.18 Å². The lowest BCUT2D eigenvalue weighted by Crippen LogP contribution is -2.39. The second kappa shape index (κ2) is 7.61. The summed E-state index contributed by atoms with van der Waals surface area (Å²) in [6.07, 6.45) is 5.65. The minimum absolute atomic E-state index is 0.0430. The van der Waals surface area contributed by atoms with E-state index in [-0.39, 0.29) is 17.1 Å². The van der Waals surface area contributed by atoms with Gasteiger partial charge in [-0.3, -0.25) is 4.79 Å². The molecule has 2 aromatic carbocycles. The van der Waals surface area contributed by atoms with E-state index in [0.29, 0.717) is 19.4 Å².